The minimum atomic E-state index is -0.445. The summed E-state index contributed by atoms with van der Waals surface area (Å²) in [4.78, 5) is 26.6. The highest BCUT2D eigenvalue weighted by Crippen LogP contribution is 2.15. The summed E-state index contributed by atoms with van der Waals surface area (Å²) < 4.78 is 10.6. The first kappa shape index (κ1) is 18.8. The van der Waals surface area contributed by atoms with Gasteiger partial charge in [-0.05, 0) is 36.4 Å². The molecule has 3 rings (SSSR count). The Balaban J connectivity index is 1.64. The molecule has 1 aliphatic heterocycles. The van der Waals surface area contributed by atoms with Crippen LogP contribution in [0.15, 0.2) is 59.7 Å². The maximum atomic E-state index is 12.5. The van der Waals surface area contributed by atoms with Crippen molar-refractivity contribution in [1.29, 1.82) is 0 Å². The van der Waals surface area contributed by atoms with Crippen LogP contribution in [0, 0.1) is 0 Å². The van der Waals surface area contributed by atoms with Gasteiger partial charge in [-0.3, -0.25) is 9.69 Å². The third-order valence-corrected chi connectivity index (χ3v) is 4.21. The van der Waals surface area contributed by atoms with Crippen LogP contribution < -0.4 is 10.6 Å². The van der Waals surface area contributed by atoms with Gasteiger partial charge >= 0.3 is 5.97 Å². The Bertz CT molecular complexity index is 813. The van der Waals surface area contributed by atoms with Crippen LogP contribution in [-0.4, -0.2) is 55.2 Å². The number of carbonyl (C=O) groups is 2. The van der Waals surface area contributed by atoms with Gasteiger partial charge in [0.15, 0.2) is 5.78 Å². The second-order valence-electron chi connectivity index (χ2n) is 6.07. The van der Waals surface area contributed by atoms with Gasteiger partial charge in [0.05, 0.1) is 25.3 Å². The summed E-state index contributed by atoms with van der Waals surface area (Å²) in [7, 11) is 0. The minimum absolute atomic E-state index is 0.159. The Morgan fingerprint density at radius 3 is 2.30 bits per heavy atom. The molecule has 1 fully saturated rings. The van der Waals surface area contributed by atoms with Crippen molar-refractivity contribution in [3.63, 3.8) is 0 Å². The quantitative estimate of drug-likeness (QED) is 0.273. The molecule has 7 nitrogen and oxygen atoms in total. The highest BCUT2D eigenvalue weighted by molar-refractivity contribution is 6.46. The number of hydrogen-bond donors (Lipinski definition) is 1. The zero-order valence-electron chi connectivity index (χ0n) is 14.8. The maximum Gasteiger partial charge on any atom is 0.343 e. The van der Waals surface area contributed by atoms with Gasteiger partial charge in [-0.15, -0.1) is 0 Å². The van der Waals surface area contributed by atoms with Gasteiger partial charge in [-0.1, -0.05) is 18.2 Å². The van der Waals surface area contributed by atoms with Crippen LogP contribution >= 0.6 is 0 Å². The lowest BCUT2D eigenvalue weighted by Crippen LogP contribution is -2.41. The summed E-state index contributed by atoms with van der Waals surface area (Å²) in [6, 6.07) is 15.3. The first-order valence-corrected chi connectivity index (χ1v) is 8.66. The molecule has 0 aliphatic carbocycles. The highest BCUT2D eigenvalue weighted by Gasteiger charge is 2.20. The van der Waals surface area contributed by atoms with E-state index in [1.165, 1.54) is 0 Å². The number of morpholine rings is 1. The van der Waals surface area contributed by atoms with Gasteiger partial charge in [-0.2, -0.15) is 5.10 Å². The first-order chi connectivity index (χ1) is 13.2. The molecule has 2 aromatic carbocycles. The van der Waals surface area contributed by atoms with Gasteiger partial charge in [0.1, 0.15) is 11.5 Å². The molecule has 0 unspecified atom stereocenters. The van der Waals surface area contributed by atoms with Crippen molar-refractivity contribution in [1.82, 2.24) is 4.90 Å². The number of ether oxygens (including phenoxy) is 2. The molecule has 0 aromatic heterocycles. The number of nitrogens with zero attached hydrogens (tertiary/aromatic N) is 2. The molecule has 0 atom stereocenters. The van der Waals surface area contributed by atoms with Crippen LogP contribution in [0.25, 0.3) is 0 Å². The number of esters is 1. The van der Waals surface area contributed by atoms with E-state index in [0.717, 1.165) is 0 Å². The van der Waals surface area contributed by atoms with Crippen LogP contribution in [0.3, 0.4) is 0 Å². The zero-order valence-corrected chi connectivity index (χ0v) is 14.8. The number of ketones is 1. The molecular formula is C20H21N3O4. The summed E-state index contributed by atoms with van der Waals surface area (Å²) in [6.45, 7) is 2.88. The number of hydrazone groups is 1. The second-order valence-corrected chi connectivity index (χ2v) is 6.07. The van der Waals surface area contributed by atoms with Crippen LogP contribution in [0.5, 0.6) is 5.75 Å². The van der Waals surface area contributed by atoms with Gasteiger partial charge in [-0.25, -0.2) is 4.79 Å². The summed E-state index contributed by atoms with van der Waals surface area (Å²) >= 11 is 0. The molecule has 0 spiro atoms. The van der Waals surface area contributed by atoms with Crippen molar-refractivity contribution in [2.24, 2.45) is 10.9 Å². The topological polar surface area (TPSA) is 94.2 Å². The van der Waals surface area contributed by atoms with Crippen molar-refractivity contribution in [3.8, 4) is 5.75 Å². The normalized spacial score (nSPS) is 15.3. The third kappa shape index (κ3) is 4.99. The number of rotatable bonds is 6. The van der Waals surface area contributed by atoms with Gasteiger partial charge in [0, 0.05) is 18.7 Å². The SMILES string of the molecule is N/N=C(/C(=O)CN1CCOCC1)c1ccc(OC(=O)c2ccccc2)cc1. The fraction of sp³-hybridized carbons (Fsp3) is 0.250. The van der Waals surface area contributed by atoms with E-state index in [2.05, 4.69) is 5.10 Å². The Morgan fingerprint density at radius 1 is 1.00 bits per heavy atom. The maximum absolute atomic E-state index is 12.5. The smallest absolute Gasteiger partial charge is 0.343 e. The molecule has 1 heterocycles. The second kappa shape index (κ2) is 9.07. The Morgan fingerprint density at radius 2 is 1.67 bits per heavy atom. The summed E-state index contributed by atoms with van der Waals surface area (Å²) in [5.41, 5.74) is 1.24. The molecule has 1 aliphatic rings. The Hall–Kier alpha value is -3.03. The number of Topliss-reactive ketones (excluding diaryl/α,β-unsaturated/α-hetero) is 1. The van der Waals surface area contributed by atoms with Crippen molar-refractivity contribution in [3.05, 3.63) is 65.7 Å². The summed E-state index contributed by atoms with van der Waals surface area (Å²) in [6.07, 6.45) is 0. The van der Waals surface area contributed by atoms with Gasteiger partial charge in [0.2, 0.25) is 0 Å². The number of benzene rings is 2. The molecule has 7 heteroatoms. The van der Waals surface area contributed by atoms with Crippen LogP contribution in [0.4, 0.5) is 0 Å². The summed E-state index contributed by atoms with van der Waals surface area (Å²) in [5.74, 6) is 5.22. The molecule has 0 radical (unpaired) electrons. The lowest BCUT2D eigenvalue weighted by Gasteiger charge is -2.25. The van der Waals surface area contributed by atoms with Crippen LogP contribution in [0.2, 0.25) is 0 Å². The van der Waals surface area contributed by atoms with E-state index in [4.69, 9.17) is 15.3 Å². The van der Waals surface area contributed by atoms with Gasteiger partial charge in [0.25, 0.3) is 0 Å². The van der Waals surface area contributed by atoms with E-state index in [1.54, 1.807) is 48.5 Å². The molecule has 2 aromatic rings. The molecule has 0 saturated carbocycles. The number of carbonyl (C=O) groups excluding carboxylic acids is 2. The predicted molar refractivity (Wildman–Crippen MR) is 101 cm³/mol. The number of nitrogens with two attached hydrogens (primary N) is 1. The zero-order chi connectivity index (χ0) is 19.1. The molecular weight excluding hydrogens is 346 g/mol. The predicted octanol–water partition coefficient (Wildman–Crippen LogP) is 1.47. The van der Waals surface area contributed by atoms with E-state index in [-0.39, 0.29) is 18.0 Å². The number of hydrogen-bond acceptors (Lipinski definition) is 7. The average molecular weight is 367 g/mol. The minimum Gasteiger partial charge on any atom is -0.423 e. The van der Waals surface area contributed by atoms with Crippen LogP contribution in [-0.2, 0) is 9.53 Å². The fourth-order valence-corrected chi connectivity index (χ4v) is 2.77. The standard InChI is InChI=1S/C20H21N3O4/c21-22-19(18(24)14-23-10-12-26-13-11-23)15-6-8-17(9-7-15)27-20(25)16-4-2-1-3-5-16/h1-9H,10-14,21H2/b22-19+. The molecule has 1 saturated heterocycles. The first-order valence-electron chi connectivity index (χ1n) is 8.66. The monoisotopic (exact) mass is 367 g/mol. The largest absolute Gasteiger partial charge is 0.423 e. The molecule has 140 valence electrons. The van der Waals surface area contributed by atoms with Crippen LogP contribution in [0.1, 0.15) is 15.9 Å². The van der Waals surface area contributed by atoms with Crippen molar-refractivity contribution in [2.75, 3.05) is 32.8 Å². The molecule has 0 amide bonds. The van der Waals surface area contributed by atoms with E-state index in [9.17, 15) is 9.59 Å². The average Bonchev–Trinajstić information content (AvgIpc) is 2.71. The van der Waals surface area contributed by atoms with Crippen molar-refractivity contribution < 1.29 is 19.1 Å². The molecule has 0 bridgehead atoms. The molecule has 27 heavy (non-hydrogen) atoms. The fourth-order valence-electron chi connectivity index (χ4n) is 2.77. The highest BCUT2D eigenvalue weighted by atomic mass is 16.5. The third-order valence-electron chi connectivity index (χ3n) is 4.21. The lowest BCUT2D eigenvalue weighted by molar-refractivity contribution is -0.114. The van der Waals surface area contributed by atoms with Crippen molar-refractivity contribution in [2.45, 2.75) is 0 Å². The Kier molecular flexibility index (Phi) is 6.30. The Labute approximate surface area is 157 Å². The summed E-state index contributed by atoms with van der Waals surface area (Å²) in [5, 5.41) is 3.66. The van der Waals surface area contributed by atoms with E-state index < -0.39 is 5.97 Å². The molecule has 2 N–H and O–H groups in total. The van der Waals surface area contributed by atoms with E-state index in [0.29, 0.717) is 43.2 Å². The van der Waals surface area contributed by atoms with E-state index >= 15 is 0 Å². The van der Waals surface area contributed by atoms with Gasteiger partial charge < -0.3 is 15.3 Å². The van der Waals surface area contributed by atoms with E-state index in [1.807, 2.05) is 11.0 Å². The van der Waals surface area contributed by atoms with Crippen molar-refractivity contribution >= 4 is 17.5 Å². The lowest BCUT2D eigenvalue weighted by atomic mass is 10.1.